The van der Waals surface area contributed by atoms with Crippen LogP contribution >= 0.6 is 11.6 Å². The number of nitrogens with two attached hydrogens (primary N) is 1. The number of hydrogen-bond donors (Lipinski definition) is 2. The molecule has 1 aromatic heterocycles. The van der Waals surface area contributed by atoms with Crippen LogP contribution in [-0.2, 0) is 14.8 Å². The second-order valence-electron chi connectivity index (χ2n) is 7.28. The fourth-order valence-electron chi connectivity index (χ4n) is 3.34. The summed E-state index contributed by atoms with van der Waals surface area (Å²) in [5.41, 5.74) is 4.34. The van der Waals surface area contributed by atoms with Gasteiger partial charge in [0, 0.05) is 27.8 Å². The third-order valence-electron chi connectivity index (χ3n) is 5.01. The number of primary sulfonamides is 1. The first-order chi connectivity index (χ1) is 15.0. The summed E-state index contributed by atoms with van der Waals surface area (Å²) in [6.45, 7) is 5.55. The molecule has 0 bridgehead atoms. The highest BCUT2D eigenvalue weighted by atomic mass is 35.5. The minimum absolute atomic E-state index is 0.0172. The third kappa shape index (κ3) is 4.92. The summed E-state index contributed by atoms with van der Waals surface area (Å²) >= 11 is 6.00. The van der Waals surface area contributed by atoms with E-state index in [1.165, 1.54) is 18.2 Å². The zero-order valence-corrected chi connectivity index (χ0v) is 19.3. The molecule has 0 saturated heterocycles. The van der Waals surface area contributed by atoms with Crippen molar-refractivity contribution >= 4 is 39.3 Å². The van der Waals surface area contributed by atoms with Crippen LogP contribution in [0.1, 0.15) is 22.5 Å². The highest BCUT2D eigenvalue weighted by Gasteiger charge is 2.15. The first-order valence-corrected chi connectivity index (χ1v) is 11.4. The number of sulfonamides is 1. The molecule has 0 spiro atoms. The molecular weight excluding hydrogens is 448 g/mol. The number of nitrogens with zero attached hydrogens (tertiary/aromatic N) is 2. The zero-order valence-electron chi connectivity index (χ0n) is 17.7. The van der Waals surface area contributed by atoms with E-state index in [0.29, 0.717) is 16.3 Å². The fourth-order valence-corrected chi connectivity index (χ4v) is 4.03. The Morgan fingerprint density at radius 2 is 1.78 bits per heavy atom. The van der Waals surface area contributed by atoms with Crippen LogP contribution < -0.4 is 10.5 Å². The Labute approximate surface area is 191 Å². The van der Waals surface area contributed by atoms with E-state index in [-0.39, 0.29) is 10.5 Å². The molecule has 9 heteroatoms. The average Bonchev–Trinajstić information content (AvgIpc) is 3.01. The molecule has 1 amide bonds. The zero-order chi connectivity index (χ0) is 23.6. The van der Waals surface area contributed by atoms with Gasteiger partial charge in [-0.3, -0.25) is 4.79 Å². The Morgan fingerprint density at radius 3 is 2.38 bits per heavy atom. The van der Waals surface area contributed by atoms with Crippen LogP contribution in [0.3, 0.4) is 0 Å². The van der Waals surface area contributed by atoms with Crippen molar-refractivity contribution in [3.05, 3.63) is 81.6 Å². The summed E-state index contributed by atoms with van der Waals surface area (Å²) in [7, 11) is -3.78. The lowest BCUT2D eigenvalue weighted by Gasteiger charge is -2.10. The Balaban J connectivity index is 1.95. The highest BCUT2D eigenvalue weighted by Crippen LogP contribution is 2.25. The minimum Gasteiger partial charge on any atom is -0.321 e. The topological polar surface area (TPSA) is 118 Å². The molecule has 0 aliphatic rings. The molecule has 0 aliphatic carbocycles. The van der Waals surface area contributed by atoms with Crippen LogP contribution in [-0.4, -0.2) is 18.9 Å². The summed E-state index contributed by atoms with van der Waals surface area (Å²) in [6, 6.07) is 15.1. The Hall–Kier alpha value is -3.38. The first kappa shape index (κ1) is 23.3. The molecule has 0 radical (unpaired) electrons. The van der Waals surface area contributed by atoms with E-state index in [4.69, 9.17) is 16.7 Å². The van der Waals surface area contributed by atoms with E-state index in [0.717, 1.165) is 22.6 Å². The van der Waals surface area contributed by atoms with Gasteiger partial charge >= 0.3 is 0 Å². The summed E-state index contributed by atoms with van der Waals surface area (Å²) in [4.78, 5) is 12.7. The maximum absolute atomic E-state index is 12.7. The molecular formula is C23H21ClN4O3S. The number of benzene rings is 2. The number of aromatic nitrogens is 1. The number of carbonyl (C=O) groups excluding carboxylic acids is 1. The van der Waals surface area contributed by atoms with Gasteiger partial charge in [-0.25, -0.2) is 13.6 Å². The molecule has 32 heavy (non-hydrogen) atoms. The van der Waals surface area contributed by atoms with Crippen molar-refractivity contribution in [1.82, 2.24) is 4.57 Å². The van der Waals surface area contributed by atoms with Crippen LogP contribution in [0.25, 0.3) is 11.8 Å². The van der Waals surface area contributed by atoms with Gasteiger partial charge in [-0.05, 0) is 80.4 Å². The number of nitrogens with one attached hydrogen (secondary N) is 1. The summed E-state index contributed by atoms with van der Waals surface area (Å²) in [5.74, 6) is -0.542. The molecule has 3 N–H and O–H groups in total. The van der Waals surface area contributed by atoms with Gasteiger partial charge < -0.3 is 9.88 Å². The number of nitriles is 1. The van der Waals surface area contributed by atoms with E-state index in [9.17, 15) is 18.5 Å². The SMILES string of the molecule is Cc1ccc(Cl)cc1NC(=O)/C(C#N)=C\c1cc(C)n(-c2ccc(S(N)(=O)=O)cc2)c1C. The lowest BCUT2D eigenvalue weighted by atomic mass is 10.1. The molecule has 164 valence electrons. The first-order valence-electron chi connectivity index (χ1n) is 9.52. The minimum atomic E-state index is -3.78. The second kappa shape index (κ2) is 9.01. The number of rotatable bonds is 5. The van der Waals surface area contributed by atoms with Gasteiger partial charge in [-0.15, -0.1) is 0 Å². The normalized spacial score (nSPS) is 11.8. The Kier molecular flexibility index (Phi) is 6.55. The maximum Gasteiger partial charge on any atom is 0.266 e. The molecule has 7 nitrogen and oxygen atoms in total. The van der Waals surface area contributed by atoms with Crippen LogP contribution in [0.5, 0.6) is 0 Å². The quantitative estimate of drug-likeness (QED) is 0.429. The number of amides is 1. The number of hydrogen-bond acceptors (Lipinski definition) is 4. The van der Waals surface area contributed by atoms with Crippen LogP contribution in [0, 0.1) is 32.1 Å². The highest BCUT2D eigenvalue weighted by molar-refractivity contribution is 7.89. The maximum atomic E-state index is 12.7. The number of aryl methyl sites for hydroxylation is 2. The van der Waals surface area contributed by atoms with Crippen molar-refractivity contribution in [1.29, 1.82) is 5.26 Å². The Bertz CT molecular complexity index is 1380. The number of carbonyl (C=O) groups is 1. The third-order valence-corrected chi connectivity index (χ3v) is 6.17. The summed E-state index contributed by atoms with van der Waals surface area (Å²) in [6.07, 6.45) is 1.52. The van der Waals surface area contributed by atoms with Crippen LogP contribution in [0.15, 0.2) is 59.0 Å². The predicted molar refractivity (Wildman–Crippen MR) is 125 cm³/mol. The van der Waals surface area contributed by atoms with Gasteiger partial charge in [-0.2, -0.15) is 5.26 Å². The number of halogens is 1. The molecule has 0 unspecified atom stereocenters. The molecule has 2 aromatic carbocycles. The lowest BCUT2D eigenvalue weighted by Crippen LogP contribution is -2.14. The lowest BCUT2D eigenvalue weighted by molar-refractivity contribution is -0.112. The Morgan fingerprint density at radius 1 is 1.12 bits per heavy atom. The second-order valence-corrected chi connectivity index (χ2v) is 9.28. The van der Waals surface area contributed by atoms with Crippen LogP contribution in [0.4, 0.5) is 5.69 Å². The van der Waals surface area contributed by atoms with Gasteiger partial charge in [0.15, 0.2) is 0 Å². The molecule has 0 aliphatic heterocycles. The average molecular weight is 469 g/mol. The van der Waals surface area contributed by atoms with E-state index in [1.807, 2.05) is 37.5 Å². The molecule has 0 atom stereocenters. The van der Waals surface area contributed by atoms with Crippen molar-refractivity contribution in [2.24, 2.45) is 5.14 Å². The molecule has 1 heterocycles. The monoisotopic (exact) mass is 468 g/mol. The van der Waals surface area contributed by atoms with E-state index >= 15 is 0 Å². The van der Waals surface area contributed by atoms with Crippen molar-refractivity contribution in [2.75, 3.05) is 5.32 Å². The largest absolute Gasteiger partial charge is 0.321 e. The summed E-state index contributed by atoms with van der Waals surface area (Å²) in [5, 5.41) is 17.9. The van der Waals surface area contributed by atoms with Gasteiger partial charge in [0.2, 0.25) is 10.0 Å². The van der Waals surface area contributed by atoms with Crippen molar-refractivity contribution in [3.63, 3.8) is 0 Å². The molecule has 3 rings (SSSR count). The van der Waals surface area contributed by atoms with Gasteiger partial charge in [0.1, 0.15) is 11.6 Å². The predicted octanol–water partition coefficient (Wildman–Crippen LogP) is 4.25. The van der Waals surface area contributed by atoms with E-state index < -0.39 is 15.9 Å². The van der Waals surface area contributed by atoms with Crippen LogP contribution in [0.2, 0.25) is 5.02 Å². The standard InChI is InChI=1S/C23H21ClN4O3S/c1-14-4-5-19(24)12-22(14)27-23(29)18(13-25)11-17-10-15(2)28(16(17)3)20-6-8-21(9-7-20)32(26,30)31/h4-12H,1-3H3,(H,27,29)(H2,26,30,31)/b18-11-. The van der Waals surface area contributed by atoms with Crippen molar-refractivity contribution in [3.8, 4) is 11.8 Å². The smallest absolute Gasteiger partial charge is 0.266 e. The van der Waals surface area contributed by atoms with Gasteiger partial charge in [0.05, 0.1) is 4.90 Å². The summed E-state index contributed by atoms with van der Waals surface area (Å²) < 4.78 is 24.9. The van der Waals surface area contributed by atoms with Crippen molar-refractivity contribution < 1.29 is 13.2 Å². The van der Waals surface area contributed by atoms with Crippen molar-refractivity contribution in [2.45, 2.75) is 25.7 Å². The molecule has 0 saturated carbocycles. The van der Waals surface area contributed by atoms with Gasteiger partial charge in [-0.1, -0.05) is 17.7 Å². The van der Waals surface area contributed by atoms with Gasteiger partial charge in [0.25, 0.3) is 5.91 Å². The van der Waals surface area contributed by atoms with E-state index in [1.54, 1.807) is 30.3 Å². The molecule has 3 aromatic rings. The molecule has 0 fully saturated rings. The number of anilines is 1. The fraction of sp³-hybridized carbons (Fsp3) is 0.130. The van der Waals surface area contributed by atoms with E-state index in [2.05, 4.69) is 5.32 Å².